The first-order chi connectivity index (χ1) is 12.5. The van der Waals surface area contributed by atoms with Crippen LogP contribution in [-0.4, -0.2) is 74.1 Å². The van der Waals surface area contributed by atoms with Gasteiger partial charge in [-0.1, -0.05) is 0 Å². The molecule has 3 amide bonds. The number of amides is 3. The zero-order valence-electron chi connectivity index (χ0n) is 15.7. The summed E-state index contributed by atoms with van der Waals surface area (Å²) in [6.07, 6.45) is 0. The fourth-order valence-electron chi connectivity index (χ4n) is 2.13. The van der Waals surface area contributed by atoms with Crippen LogP contribution in [0.3, 0.4) is 0 Å². The summed E-state index contributed by atoms with van der Waals surface area (Å²) in [4.78, 5) is 47.2. The lowest BCUT2D eigenvalue weighted by Gasteiger charge is -2.34. The monoisotopic (exact) mass is 389 g/mol. The van der Waals surface area contributed by atoms with Crippen molar-refractivity contribution < 1.29 is 24.3 Å². The molecule has 0 aromatic heterocycles. The van der Waals surface area contributed by atoms with Crippen LogP contribution in [0.4, 0.5) is 0 Å². The van der Waals surface area contributed by atoms with Gasteiger partial charge in [0.25, 0.3) is 0 Å². The van der Waals surface area contributed by atoms with Crippen molar-refractivity contribution >= 4 is 23.7 Å². The third kappa shape index (κ3) is 6.43. The number of carbonyl (C=O) groups is 4. The van der Waals surface area contributed by atoms with Crippen LogP contribution in [0.5, 0.6) is 0 Å². The van der Waals surface area contributed by atoms with Gasteiger partial charge in [0.2, 0.25) is 17.7 Å². The lowest BCUT2D eigenvalue weighted by Crippen LogP contribution is -2.62. The molecule has 0 aromatic rings. The van der Waals surface area contributed by atoms with Gasteiger partial charge in [0.05, 0.1) is 10.8 Å². The van der Waals surface area contributed by atoms with Gasteiger partial charge in [0, 0.05) is 46.2 Å². The van der Waals surface area contributed by atoms with Crippen LogP contribution >= 0.6 is 0 Å². The zero-order chi connectivity index (χ0) is 21.3. The summed E-state index contributed by atoms with van der Waals surface area (Å²) in [6, 6.07) is -1.15. The second kappa shape index (κ2) is 10.8. The van der Waals surface area contributed by atoms with Crippen molar-refractivity contribution in [1.29, 1.82) is 0 Å². The normalized spacial score (nSPS) is 12.8. The number of rotatable bonds is 12. The smallest absolute Gasteiger partial charge is 0.325 e. The predicted octanol–water partition coefficient (Wildman–Crippen LogP) is -4.36. The van der Waals surface area contributed by atoms with Crippen LogP contribution in [0.1, 0.15) is 13.8 Å². The molecule has 156 valence electrons. The first kappa shape index (κ1) is 24.7. The van der Waals surface area contributed by atoms with E-state index in [9.17, 15) is 19.2 Å². The summed E-state index contributed by atoms with van der Waals surface area (Å²) in [6.45, 7) is 1.50. The van der Waals surface area contributed by atoms with Crippen molar-refractivity contribution in [2.45, 2.75) is 19.9 Å². The molecule has 0 unspecified atom stereocenters. The summed E-state index contributed by atoms with van der Waals surface area (Å²) < 4.78 is 0. The Morgan fingerprint density at radius 3 is 1.63 bits per heavy atom. The Kier molecular flexibility index (Phi) is 9.86. The Morgan fingerprint density at radius 2 is 1.26 bits per heavy atom. The average Bonchev–Trinajstić information content (AvgIpc) is 2.63. The Bertz CT molecular complexity index is 547. The van der Waals surface area contributed by atoms with Crippen molar-refractivity contribution in [3.05, 3.63) is 0 Å². The van der Waals surface area contributed by atoms with Crippen LogP contribution in [0.15, 0.2) is 0 Å². The molecule has 12 N–H and O–H groups in total. The molecule has 1 atom stereocenters. The molecule has 0 aliphatic carbocycles. The molecule has 0 radical (unpaired) electrons. The molecule has 0 spiro atoms. The quantitative estimate of drug-likeness (QED) is 0.161. The van der Waals surface area contributed by atoms with Gasteiger partial charge in [0.1, 0.15) is 6.04 Å². The highest BCUT2D eigenvalue weighted by atomic mass is 16.4. The molecule has 0 heterocycles. The highest BCUT2D eigenvalue weighted by Crippen LogP contribution is 2.17. The van der Waals surface area contributed by atoms with E-state index in [1.165, 1.54) is 13.8 Å². The van der Waals surface area contributed by atoms with Crippen LogP contribution in [0.2, 0.25) is 0 Å². The molecule has 0 aromatic carbocycles. The van der Waals surface area contributed by atoms with E-state index in [1.54, 1.807) is 0 Å². The van der Waals surface area contributed by atoms with Gasteiger partial charge in [0.15, 0.2) is 0 Å². The highest BCUT2D eigenvalue weighted by Gasteiger charge is 2.41. The minimum Gasteiger partial charge on any atom is -0.480 e. The highest BCUT2D eigenvalue weighted by molar-refractivity contribution is 5.89. The average molecular weight is 389 g/mol. The van der Waals surface area contributed by atoms with Gasteiger partial charge in [-0.15, -0.1) is 0 Å². The van der Waals surface area contributed by atoms with E-state index >= 15 is 0 Å². The molecule has 27 heavy (non-hydrogen) atoms. The van der Waals surface area contributed by atoms with Crippen LogP contribution in [0.25, 0.3) is 0 Å². The molecule has 12 nitrogen and oxygen atoms in total. The van der Waals surface area contributed by atoms with E-state index in [0.717, 1.165) is 0 Å². The van der Waals surface area contributed by atoms with E-state index in [4.69, 9.17) is 28.0 Å². The lowest BCUT2D eigenvalue weighted by atomic mass is 9.84. The first-order valence-corrected chi connectivity index (χ1v) is 8.41. The Balaban J connectivity index is 5.30. The van der Waals surface area contributed by atoms with Gasteiger partial charge in [-0.2, -0.15) is 0 Å². The van der Waals surface area contributed by atoms with Crippen LogP contribution < -0.4 is 38.9 Å². The van der Waals surface area contributed by atoms with Gasteiger partial charge < -0.3 is 44.0 Å². The van der Waals surface area contributed by atoms with Crippen molar-refractivity contribution in [2.24, 2.45) is 33.8 Å². The third-order valence-electron chi connectivity index (χ3n) is 4.51. The van der Waals surface area contributed by atoms with Crippen LogP contribution in [-0.2, 0) is 19.2 Å². The fraction of sp³-hybridized carbons (Fsp3) is 0.733. The predicted molar refractivity (Wildman–Crippen MR) is 98.0 cm³/mol. The number of carboxylic acid groups (broad SMARTS) is 1. The molecular weight excluding hydrogens is 358 g/mol. The van der Waals surface area contributed by atoms with E-state index < -0.39 is 34.7 Å². The van der Waals surface area contributed by atoms with E-state index in [1.807, 2.05) is 0 Å². The second-order valence-corrected chi connectivity index (χ2v) is 6.50. The van der Waals surface area contributed by atoms with Gasteiger partial charge >= 0.3 is 5.97 Å². The molecule has 0 aliphatic heterocycles. The molecule has 0 saturated heterocycles. The number of aliphatic carboxylic acids is 1. The number of hydrogen-bond donors (Lipinski definition) is 8. The SMILES string of the molecule is CC(=O)NCC(CN)(CN)C(=O)NCC(CN)(CN)C(=O)N[C@@H](C)C(=O)O. The Morgan fingerprint density at radius 1 is 0.852 bits per heavy atom. The minimum absolute atomic E-state index is 0.0817. The number of carboxylic acids is 1. The fourth-order valence-corrected chi connectivity index (χ4v) is 2.13. The second-order valence-electron chi connectivity index (χ2n) is 6.50. The maximum atomic E-state index is 12.6. The standard InChI is InChI=1S/C15H31N7O5/c1-9(11(24)25)22-13(27)15(5-18,6-19)8-21-12(26)14(3-16,4-17)7-20-10(2)23/h9H,3-8,16-19H2,1-2H3,(H,20,23)(H,21,26)(H,22,27)(H,24,25)/t9-/m0/s1. The van der Waals surface area contributed by atoms with E-state index in [2.05, 4.69) is 16.0 Å². The Hall–Kier alpha value is -2.28. The van der Waals surface area contributed by atoms with Crippen molar-refractivity contribution in [2.75, 3.05) is 39.3 Å². The zero-order valence-corrected chi connectivity index (χ0v) is 15.7. The summed E-state index contributed by atoms with van der Waals surface area (Å²) in [5.74, 6) is -2.85. The molecule has 0 aliphatic rings. The topological polar surface area (TPSA) is 229 Å². The summed E-state index contributed by atoms with van der Waals surface area (Å²) in [7, 11) is 0. The summed E-state index contributed by atoms with van der Waals surface area (Å²) in [5, 5.41) is 16.3. The van der Waals surface area contributed by atoms with E-state index in [-0.39, 0.29) is 45.2 Å². The van der Waals surface area contributed by atoms with Crippen molar-refractivity contribution in [3.63, 3.8) is 0 Å². The number of nitrogens with two attached hydrogens (primary N) is 4. The van der Waals surface area contributed by atoms with Crippen molar-refractivity contribution in [3.8, 4) is 0 Å². The minimum atomic E-state index is -1.41. The van der Waals surface area contributed by atoms with Gasteiger partial charge in [-0.25, -0.2) is 0 Å². The summed E-state index contributed by atoms with van der Waals surface area (Å²) in [5.41, 5.74) is 20.0. The molecule has 0 bridgehead atoms. The maximum Gasteiger partial charge on any atom is 0.325 e. The molecule has 0 saturated carbocycles. The number of hydrogen-bond acceptors (Lipinski definition) is 8. The van der Waals surface area contributed by atoms with E-state index in [0.29, 0.717) is 0 Å². The largest absolute Gasteiger partial charge is 0.480 e. The third-order valence-corrected chi connectivity index (χ3v) is 4.51. The molecule has 0 rings (SSSR count). The lowest BCUT2D eigenvalue weighted by molar-refractivity contribution is -0.143. The van der Waals surface area contributed by atoms with Crippen LogP contribution in [0, 0.1) is 10.8 Å². The number of nitrogens with one attached hydrogen (secondary N) is 3. The molecular formula is C15H31N7O5. The van der Waals surface area contributed by atoms with Gasteiger partial charge in [-0.3, -0.25) is 19.2 Å². The molecule has 12 heteroatoms. The number of carbonyl (C=O) groups excluding carboxylic acids is 3. The first-order valence-electron chi connectivity index (χ1n) is 8.41. The summed E-state index contributed by atoms with van der Waals surface area (Å²) >= 11 is 0. The maximum absolute atomic E-state index is 12.6. The van der Waals surface area contributed by atoms with Gasteiger partial charge in [-0.05, 0) is 6.92 Å². The molecule has 0 fully saturated rings. The van der Waals surface area contributed by atoms with Crippen molar-refractivity contribution in [1.82, 2.24) is 16.0 Å². The Labute approximate surface area is 157 Å².